The zero-order valence-corrected chi connectivity index (χ0v) is 6.85. The predicted octanol–water partition coefficient (Wildman–Crippen LogP) is 1.50. The molecule has 9 heavy (non-hydrogen) atoms. The van der Waals surface area contributed by atoms with Gasteiger partial charge in [0.25, 0.3) is 0 Å². The lowest BCUT2D eigenvalue weighted by Gasteiger charge is -1.87. The van der Waals surface area contributed by atoms with Gasteiger partial charge in [-0.1, -0.05) is 22.0 Å². The van der Waals surface area contributed by atoms with E-state index in [1.54, 1.807) is 6.08 Å². The standard InChI is InChI=1S/C6H9BrO2/c1-9-6(8)4-2-3-5-7/h2,4H,3,5H2,1H3/b4-2-. The maximum absolute atomic E-state index is 10.4. The summed E-state index contributed by atoms with van der Waals surface area (Å²) < 4.78 is 4.36. The molecule has 0 aromatic rings. The minimum atomic E-state index is -0.295. The van der Waals surface area contributed by atoms with Crippen molar-refractivity contribution in [3.63, 3.8) is 0 Å². The maximum atomic E-state index is 10.4. The van der Waals surface area contributed by atoms with Crippen LogP contribution in [0.3, 0.4) is 0 Å². The molecule has 3 heteroatoms. The Morgan fingerprint density at radius 1 is 1.78 bits per heavy atom. The smallest absolute Gasteiger partial charge is 0.330 e. The Labute approximate surface area is 63.0 Å². The first-order chi connectivity index (χ1) is 4.31. The summed E-state index contributed by atoms with van der Waals surface area (Å²) in [6.45, 7) is 0. The molecule has 0 saturated heterocycles. The molecule has 0 aliphatic rings. The van der Waals surface area contributed by atoms with Crippen molar-refractivity contribution < 1.29 is 9.53 Å². The SMILES string of the molecule is COC(=O)/C=C\CCBr. The minimum absolute atomic E-state index is 0.295. The zero-order valence-electron chi connectivity index (χ0n) is 5.26. The number of allylic oxidation sites excluding steroid dienone is 1. The highest BCUT2D eigenvalue weighted by Crippen LogP contribution is 1.89. The van der Waals surface area contributed by atoms with Crippen molar-refractivity contribution in [2.24, 2.45) is 0 Å². The van der Waals surface area contributed by atoms with Crippen LogP contribution in [0.1, 0.15) is 6.42 Å². The van der Waals surface area contributed by atoms with Gasteiger partial charge in [0, 0.05) is 11.4 Å². The Hall–Kier alpha value is -0.310. The van der Waals surface area contributed by atoms with E-state index in [0.29, 0.717) is 0 Å². The quantitative estimate of drug-likeness (QED) is 0.385. The molecule has 2 nitrogen and oxygen atoms in total. The van der Waals surface area contributed by atoms with Crippen LogP contribution in [-0.2, 0) is 9.53 Å². The third-order valence-electron chi connectivity index (χ3n) is 0.731. The Morgan fingerprint density at radius 2 is 2.44 bits per heavy atom. The van der Waals surface area contributed by atoms with Crippen molar-refractivity contribution >= 4 is 21.9 Å². The van der Waals surface area contributed by atoms with Gasteiger partial charge in [0.15, 0.2) is 0 Å². The van der Waals surface area contributed by atoms with E-state index in [1.165, 1.54) is 13.2 Å². The van der Waals surface area contributed by atoms with Gasteiger partial charge in [0.2, 0.25) is 0 Å². The van der Waals surface area contributed by atoms with Gasteiger partial charge in [0.1, 0.15) is 0 Å². The highest BCUT2D eigenvalue weighted by atomic mass is 79.9. The second-order valence-corrected chi connectivity index (χ2v) is 2.20. The average molecular weight is 193 g/mol. The van der Waals surface area contributed by atoms with Gasteiger partial charge in [-0.15, -0.1) is 0 Å². The fourth-order valence-electron chi connectivity index (χ4n) is 0.311. The summed E-state index contributed by atoms with van der Waals surface area (Å²) in [6, 6.07) is 0. The van der Waals surface area contributed by atoms with E-state index in [2.05, 4.69) is 20.7 Å². The summed E-state index contributed by atoms with van der Waals surface area (Å²) in [5, 5.41) is 0.875. The molecule has 0 atom stereocenters. The Kier molecular flexibility index (Phi) is 5.62. The van der Waals surface area contributed by atoms with Crippen molar-refractivity contribution in [1.82, 2.24) is 0 Å². The van der Waals surface area contributed by atoms with Gasteiger partial charge in [0.05, 0.1) is 7.11 Å². The highest BCUT2D eigenvalue weighted by Gasteiger charge is 1.87. The summed E-state index contributed by atoms with van der Waals surface area (Å²) in [4.78, 5) is 10.4. The molecule has 0 amide bonds. The fraction of sp³-hybridized carbons (Fsp3) is 0.500. The first kappa shape index (κ1) is 8.69. The molecule has 0 spiro atoms. The second kappa shape index (κ2) is 5.82. The second-order valence-electron chi connectivity index (χ2n) is 1.40. The number of rotatable bonds is 3. The molecule has 0 aliphatic carbocycles. The van der Waals surface area contributed by atoms with E-state index in [4.69, 9.17) is 0 Å². The molecule has 0 heterocycles. The first-order valence-corrected chi connectivity index (χ1v) is 3.74. The van der Waals surface area contributed by atoms with Crippen LogP contribution < -0.4 is 0 Å². The first-order valence-electron chi connectivity index (χ1n) is 2.61. The van der Waals surface area contributed by atoms with Crippen LogP contribution in [-0.4, -0.2) is 18.4 Å². The van der Waals surface area contributed by atoms with E-state index < -0.39 is 0 Å². The molecule has 0 saturated carbocycles. The van der Waals surface area contributed by atoms with Crippen LogP contribution in [0.25, 0.3) is 0 Å². The summed E-state index contributed by atoms with van der Waals surface area (Å²) >= 11 is 3.22. The van der Waals surface area contributed by atoms with Crippen LogP contribution >= 0.6 is 15.9 Å². The molecule has 52 valence electrons. The number of hydrogen-bond acceptors (Lipinski definition) is 2. The number of methoxy groups -OCH3 is 1. The molecule has 0 bridgehead atoms. The average Bonchev–Trinajstić information content (AvgIpc) is 1.89. The minimum Gasteiger partial charge on any atom is -0.466 e. The van der Waals surface area contributed by atoms with Crippen molar-refractivity contribution in [2.75, 3.05) is 12.4 Å². The van der Waals surface area contributed by atoms with E-state index in [0.717, 1.165) is 11.8 Å². The van der Waals surface area contributed by atoms with Crippen LogP contribution in [0.2, 0.25) is 0 Å². The largest absolute Gasteiger partial charge is 0.466 e. The summed E-state index contributed by atoms with van der Waals surface area (Å²) in [5.41, 5.74) is 0. The molecule has 0 unspecified atom stereocenters. The van der Waals surface area contributed by atoms with Crippen LogP contribution in [0.5, 0.6) is 0 Å². The monoisotopic (exact) mass is 192 g/mol. The lowest BCUT2D eigenvalue weighted by molar-refractivity contribution is -0.134. The number of halogens is 1. The van der Waals surface area contributed by atoms with Gasteiger partial charge < -0.3 is 4.74 Å². The van der Waals surface area contributed by atoms with E-state index >= 15 is 0 Å². The molecule has 0 aromatic heterocycles. The third-order valence-corrected chi connectivity index (χ3v) is 1.19. The summed E-state index contributed by atoms with van der Waals surface area (Å²) in [6.07, 6.45) is 4.04. The predicted molar refractivity (Wildman–Crippen MR) is 39.6 cm³/mol. The van der Waals surface area contributed by atoms with Crippen molar-refractivity contribution in [3.8, 4) is 0 Å². The van der Waals surface area contributed by atoms with Crippen molar-refractivity contribution in [3.05, 3.63) is 12.2 Å². The lowest BCUT2D eigenvalue weighted by Crippen LogP contribution is -1.93. The molecular formula is C6H9BrO2. The topological polar surface area (TPSA) is 26.3 Å². The van der Waals surface area contributed by atoms with E-state index in [1.807, 2.05) is 0 Å². The van der Waals surface area contributed by atoms with E-state index in [-0.39, 0.29) is 5.97 Å². The molecule has 0 N–H and O–H groups in total. The molecular weight excluding hydrogens is 184 g/mol. The van der Waals surface area contributed by atoms with Crippen LogP contribution in [0.15, 0.2) is 12.2 Å². The molecule has 0 aromatic carbocycles. The maximum Gasteiger partial charge on any atom is 0.330 e. The number of esters is 1. The third kappa shape index (κ3) is 5.56. The van der Waals surface area contributed by atoms with Gasteiger partial charge >= 0.3 is 5.97 Å². The fourth-order valence-corrected chi connectivity index (χ4v) is 0.575. The van der Waals surface area contributed by atoms with Gasteiger partial charge in [-0.25, -0.2) is 4.79 Å². The summed E-state index contributed by atoms with van der Waals surface area (Å²) in [7, 11) is 1.36. The number of ether oxygens (including phenoxy) is 1. The molecule has 0 fully saturated rings. The number of carbonyl (C=O) groups is 1. The van der Waals surface area contributed by atoms with Crippen LogP contribution in [0.4, 0.5) is 0 Å². The molecule has 0 radical (unpaired) electrons. The number of carbonyl (C=O) groups excluding carboxylic acids is 1. The van der Waals surface area contributed by atoms with Gasteiger partial charge in [-0.2, -0.15) is 0 Å². The molecule has 0 aliphatic heterocycles. The number of alkyl halides is 1. The van der Waals surface area contributed by atoms with Crippen molar-refractivity contribution in [1.29, 1.82) is 0 Å². The highest BCUT2D eigenvalue weighted by molar-refractivity contribution is 9.09. The lowest BCUT2D eigenvalue weighted by atomic mass is 10.4. The Balaban J connectivity index is 3.32. The zero-order chi connectivity index (χ0) is 7.11. The van der Waals surface area contributed by atoms with Gasteiger partial charge in [-0.3, -0.25) is 0 Å². The normalized spacial score (nSPS) is 10.0. The Bertz CT molecular complexity index is 110. The van der Waals surface area contributed by atoms with Crippen molar-refractivity contribution in [2.45, 2.75) is 6.42 Å². The number of hydrogen-bond donors (Lipinski definition) is 0. The molecule has 0 rings (SSSR count). The Morgan fingerprint density at radius 3 is 2.89 bits per heavy atom. The van der Waals surface area contributed by atoms with E-state index in [9.17, 15) is 4.79 Å². The van der Waals surface area contributed by atoms with Crippen LogP contribution in [0, 0.1) is 0 Å². The summed E-state index contributed by atoms with van der Waals surface area (Å²) in [5.74, 6) is -0.295. The van der Waals surface area contributed by atoms with Gasteiger partial charge in [-0.05, 0) is 6.42 Å².